The number of carbonyl (C=O) groups excluding carboxylic acids is 2. The standard InChI is InChI=1S/C20H35NO3/c1-3-5-6-7-8-9-10-11-19(22)21-16-14-18(15-17-21)12-13-20(23)24-4-2/h10-11,18H,3-9,12-17H2,1-2H3. The van der Waals surface area contributed by atoms with Gasteiger partial charge in [0, 0.05) is 19.5 Å². The molecule has 1 saturated heterocycles. The summed E-state index contributed by atoms with van der Waals surface area (Å²) in [5.41, 5.74) is 0. The molecule has 4 heteroatoms. The Morgan fingerprint density at radius 3 is 2.46 bits per heavy atom. The first kappa shape index (κ1) is 20.7. The molecule has 4 nitrogen and oxygen atoms in total. The molecule has 0 aliphatic carbocycles. The number of unbranched alkanes of at least 4 members (excludes halogenated alkanes) is 5. The van der Waals surface area contributed by atoms with E-state index in [1.54, 1.807) is 6.08 Å². The normalized spacial score (nSPS) is 15.8. The van der Waals surface area contributed by atoms with Gasteiger partial charge in [-0.2, -0.15) is 0 Å². The molecule has 0 aromatic carbocycles. The molecular weight excluding hydrogens is 302 g/mol. The van der Waals surface area contributed by atoms with Gasteiger partial charge in [-0.05, 0) is 51.0 Å². The molecule has 0 radical (unpaired) electrons. The van der Waals surface area contributed by atoms with Crippen LogP contribution in [0.1, 0.15) is 78.1 Å². The first-order chi connectivity index (χ1) is 11.7. The average Bonchev–Trinajstić information content (AvgIpc) is 2.59. The first-order valence-corrected chi connectivity index (χ1v) is 9.78. The van der Waals surface area contributed by atoms with Crippen LogP contribution in [-0.4, -0.2) is 36.5 Å². The Morgan fingerprint density at radius 1 is 1.08 bits per heavy atom. The number of allylic oxidation sites excluding steroid dienone is 1. The van der Waals surface area contributed by atoms with Crippen molar-refractivity contribution in [2.45, 2.75) is 78.1 Å². The summed E-state index contributed by atoms with van der Waals surface area (Å²) in [6.45, 7) is 6.14. The van der Waals surface area contributed by atoms with Crippen LogP contribution in [0.2, 0.25) is 0 Å². The zero-order valence-corrected chi connectivity index (χ0v) is 15.6. The van der Waals surface area contributed by atoms with Gasteiger partial charge in [0.2, 0.25) is 5.91 Å². The van der Waals surface area contributed by atoms with E-state index in [0.717, 1.165) is 38.8 Å². The van der Waals surface area contributed by atoms with Crippen molar-refractivity contribution in [3.05, 3.63) is 12.2 Å². The van der Waals surface area contributed by atoms with E-state index >= 15 is 0 Å². The number of ether oxygens (including phenoxy) is 1. The predicted molar refractivity (Wildman–Crippen MR) is 97.7 cm³/mol. The van der Waals surface area contributed by atoms with E-state index in [1.165, 1.54) is 32.1 Å². The highest BCUT2D eigenvalue weighted by Crippen LogP contribution is 2.22. The Labute approximate surface area is 147 Å². The van der Waals surface area contributed by atoms with Crippen molar-refractivity contribution < 1.29 is 14.3 Å². The van der Waals surface area contributed by atoms with Crippen LogP contribution in [0, 0.1) is 5.92 Å². The van der Waals surface area contributed by atoms with Gasteiger partial charge in [0.15, 0.2) is 0 Å². The summed E-state index contributed by atoms with van der Waals surface area (Å²) in [6, 6.07) is 0. The molecule has 1 aliphatic rings. The molecule has 1 aliphatic heterocycles. The van der Waals surface area contributed by atoms with Gasteiger partial charge in [0.05, 0.1) is 6.61 Å². The van der Waals surface area contributed by atoms with Gasteiger partial charge in [-0.15, -0.1) is 0 Å². The van der Waals surface area contributed by atoms with E-state index in [1.807, 2.05) is 17.9 Å². The summed E-state index contributed by atoms with van der Waals surface area (Å²) in [4.78, 5) is 25.5. The Balaban J connectivity index is 2.13. The van der Waals surface area contributed by atoms with Crippen molar-refractivity contribution in [1.82, 2.24) is 4.90 Å². The fourth-order valence-electron chi connectivity index (χ4n) is 3.15. The number of hydrogen-bond donors (Lipinski definition) is 0. The smallest absolute Gasteiger partial charge is 0.305 e. The van der Waals surface area contributed by atoms with E-state index in [9.17, 15) is 9.59 Å². The molecule has 0 bridgehead atoms. The second kappa shape index (κ2) is 13.0. The minimum Gasteiger partial charge on any atom is -0.466 e. The maximum atomic E-state index is 12.2. The van der Waals surface area contributed by atoms with Gasteiger partial charge in [-0.1, -0.05) is 38.7 Å². The fraction of sp³-hybridized carbons (Fsp3) is 0.800. The van der Waals surface area contributed by atoms with Gasteiger partial charge >= 0.3 is 5.97 Å². The maximum absolute atomic E-state index is 12.2. The van der Waals surface area contributed by atoms with Crippen molar-refractivity contribution in [2.24, 2.45) is 5.92 Å². The van der Waals surface area contributed by atoms with Gasteiger partial charge in [0.25, 0.3) is 0 Å². The molecule has 0 unspecified atom stereocenters. The van der Waals surface area contributed by atoms with E-state index in [2.05, 4.69) is 6.92 Å². The summed E-state index contributed by atoms with van der Waals surface area (Å²) < 4.78 is 4.97. The quantitative estimate of drug-likeness (QED) is 0.317. The summed E-state index contributed by atoms with van der Waals surface area (Å²) in [5, 5.41) is 0. The minimum atomic E-state index is -0.0992. The number of carbonyl (C=O) groups is 2. The number of likely N-dealkylation sites (tertiary alicyclic amines) is 1. The van der Waals surface area contributed by atoms with Crippen molar-refractivity contribution in [2.75, 3.05) is 19.7 Å². The summed E-state index contributed by atoms with van der Waals surface area (Å²) >= 11 is 0. The van der Waals surface area contributed by atoms with Gasteiger partial charge in [-0.25, -0.2) is 0 Å². The third-order valence-corrected chi connectivity index (χ3v) is 4.72. The van der Waals surface area contributed by atoms with E-state index in [4.69, 9.17) is 4.74 Å². The molecule has 0 aromatic rings. The molecule has 0 spiro atoms. The van der Waals surface area contributed by atoms with Crippen molar-refractivity contribution in [3.8, 4) is 0 Å². The Morgan fingerprint density at radius 2 is 1.79 bits per heavy atom. The number of piperidine rings is 1. The fourth-order valence-corrected chi connectivity index (χ4v) is 3.15. The molecule has 1 amide bonds. The van der Waals surface area contributed by atoms with Gasteiger partial charge in [0.1, 0.15) is 0 Å². The van der Waals surface area contributed by atoms with Gasteiger partial charge in [-0.3, -0.25) is 9.59 Å². The monoisotopic (exact) mass is 337 g/mol. The highest BCUT2D eigenvalue weighted by atomic mass is 16.5. The predicted octanol–water partition coefficient (Wildman–Crippen LogP) is 4.49. The molecule has 0 aromatic heterocycles. The Bertz CT molecular complexity index is 384. The molecule has 0 atom stereocenters. The second-order valence-corrected chi connectivity index (χ2v) is 6.72. The zero-order chi connectivity index (χ0) is 17.6. The minimum absolute atomic E-state index is 0.0992. The van der Waals surface area contributed by atoms with E-state index < -0.39 is 0 Å². The largest absolute Gasteiger partial charge is 0.466 e. The lowest BCUT2D eigenvalue weighted by molar-refractivity contribution is -0.143. The molecule has 24 heavy (non-hydrogen) atoms. The van der Waals surface area contributed by atoms with Crippen LogP contribution in [0.5, 0.6) is 0 Å². The first-order valence-electron chi connectivity index (χ1n) is 9.78. The third kappa shape index (κ3) is 9.09. The molecule has 1 heterocycles. The Hall–Kier alpha value is -1.32. The highest BCUT2D eigenvalue weighted by Gasteiger charge is 2.22. The molecule has 0 saturated carbocycles. The van der Waals surface area contributed by atoms with Gasteiger partial charge < -0.3 is 9.64 Å². The maximum Gasteiger partial charge on any atom is 0.305 e. The Kier molecular flexibility index (Phi) is 11.2. The number of amides is 1. The lowest BCUT2D eigenvalue weighted by Crippen LogP contribution is -2.37. The third-order valence-electron chi connectivity index (χ3n) is 4.72. The summed E-state index contributed by atoms with van der Waals surface area (Å²) in [5.74, 6) is 0.589. The van der Waals surface area contributed by atoms with Crippen LogP contribution in [0.4, 0.5) is 0 Å². The summed E-state index contributed by atoms with van der Waals surface area (Å²) in [7, 11) is 0. The molecule has 1 rings (SSSR count). The zero-order valence-electron chi connectivity index (χ0n) is 15.6. The highest BCUT2D eigenvalue weighted by molar-refractivity contribution is 5.87. The van der Waals surface area contributed by atoms with Crippen LogP contribution in [0.25, 0.3) is 0 Å². The van der Waals surface area contributed by atoms with E-state index in [0.29, 0.717) is 18.9 Å². The van der Waals surface area contributed by atoms with Crippen molar-refractivity contribution >= 4 is 11.9 Å². The summed E-state index contributed by atoms with van der Waals surface area (Å²) in [6.07, 6.45) is 14.5. The number of hydrogen-bond acceptors (Lipinski definition) is 3. The molecular formula is C20H35NO3. The van der Waals surface area contributed by atoms with Crippen LogP contribution in [0.3, 0.4) is 0 Å². The van der Waals surface area contributed by atoms with Crippen molar-refractivity contribution in [3.63, 3.8) is 0 Å². The number of nitrogens with zero attached hydrogens (tertiary/aromatic N) is 1. The molecule has 1 fully saturated rings. The van der Waals surface area contributed by atoms with Crippen LogP contribution >= 0.6 is 0 Å². The lowest BCUT2D eigenvalue weighted by Gasteiger charge is -2.31. The average molecular weight is 338 g/mol. The second-order valence-electron chi connectivity index (χ2n) is 6.72. The van der Waals surface area contributed by atoms with Crippen LogP contribution in [0.15, 0.2) is 12.2 Å². The van der Waals surface area contributed by atoms with Crippen LogP contribution in [-0.2, 0) is 14.3 Å². The topological polar surface area (TPSA) is 46.6 Å². The number of rotatable bonds is 11. The molecule has 0 N–H and O–H groups in total. The SMILES string of the molecule is CCCCCCCC=CC(=O)N1CCC(CCC(=O)OCC)CC1. The van der Waals surface area contributed by atoms with Crippen LogP contribution < -0.4 is 0 Å². The number of esters is 1. The van der Waals surface area contributed by atoms with Crippen molar-refractivity contribution in [1.29, 1.82) is 0 Å². The molecule has 138 valence electrons. The lowest BCUT2D eigenvalue weighted by atomic mass is 9.92. The van der Waals surface area contributed by atoms with E-state index in [-0.39, 0.29) is 11.9 Å².